The second-order valence-corrected chi connectivity index (χ2v) is 11.5. The van der Waals surface area contributed by atoms with Crippen LogP contribution in [0.3, 0.4) is 0 Å². The molecule has 0 aromatic heterocycles. The van der Waals surface area contributed by atoms with E-state index in [1.807, 2.05) is 12.1 Å². The zero-order chi connectivity index (χ0) is 24.7. The molecule has 5 atom stereocenters. The van der Waals surface area contributed by atoms with Gasteiger partial charge in [0.05, 0.1) is 12.2 Å². The van der Waals surface area contributed by atoms with Gasteiger partial charge in [-0.05, 0) is 90.7 Å². The van der Waals surface area contributed by atoms with Crippen LogP contribution in [0.2, 0.25) is 0 Å². The normalized spacial score (nSPS) is 25.6. The number of hydrogen-bond donors (Lipinski definition) is 2. The van der Waals surface area contributed by atoms with Crippen molar-refractivity contribution in [3.8, 4) is 0 Å². The van der Waals surface area contributed by atoms with Gasteiger partial charge in [0.25, 0.3) is 0 Å². The molecular weight excluding hydrogens is 418 g/mol. The first kappa shape index (κ1) is 27.2. The maximum atomic E-state index is 10.6. The molecule has 0 spiro atoms. The van der Waals surface area contributed by atoms with Crippen LogP contribution >= 0.6 is 0 Å². The van der Waals surface area contributed by atoms with Crippen molar-refractivity contribution in [3.05, 3.63) is 59.2 Å². The number of benzene rings is 1. The van der Waals surface area contributed by atoms with E-state index < -0.39 is 6.10 Å². The third-order valence-corrected chi connectivity index (χ3v) is 8.02. The molecule has 0 radical (unpaired) electrons. The molecular formula is C31H49NO2. The predicted molar refractivity (Wildman–Crippen MR) is 144 cm³/mol. The first-order valence-corrected chi connectivity index (χ1v) is 13.8. The monoisotopic (exact) mass is 467 g/mol. The van der Waals surface area contributed by atoms with E-state index in [0.29, 0.717) is 30.3 Å². The molecule has 3 heteroatoms. The van der Waals surface area contributed by atoms with Crippen LogP contribution in [0.1, 0.15) is 83.8 Å². The van der Waals surface area contributed by atoms with E-state index in [4.69, 9.17) is 0 Å². The minimum absolute atomic E-state index is 0.170. The third-order valence-electron chi connectivity index (χ3n) is 8.02. The molecule has 0 aliphatic heterocycles. The van der Waals surface area contributed by atoms with Crippen molar-refractivity contribution in [2.24, 2.45) is 17.8 Å². The molecule has 0 bridgehead atoms. The fourth-order valence-corrected chi connectivity index (χ4v) is 6.31. The lowest BCUT2D eigenvalue weighted by Gasteiger charge is -2.30. The van der Waals surface area contributed by atoms with Crippen molar-refractivity contribution in [2.75, 3.05) is 6.54 Å². The summed E-state index contributed by atoms with van der Waals surface area (Å²) in [6.07, 6.45) is 14.8. The lowest BCUT2D eigenvalue weighted by Crippen LogP contribution is -2.37. The van der Waals surface area contributed by atoms with Crippen molar-refractivity contribution in [1.29, 1.82) is 0 Å². The van der Waals surface area contributed by atoms with E-state index in [9.17, 15) is 10.2 Å². The summed E-state index contributed by atoms with van der Waals surface area (Å²) in [5.41, 5.74) is 3.99. The number of nitrogens with zero attached hydrogens (tertiary/aromatic N) is 1. The zero-order valence-corrected chi connectivity index (χ0v) is 22.3. The standard InChI is InChI=1S/C31H49NO2/c1-22(2)32(23(3)4)16-9-7-6-8-12-26-18-27-21-31(34)29(30(27)20-26)15-14-28(33)19-25-13-10-11-24(5)17-25/h10-11,13-15,17-18,22-23,27-31,33-34H,6-9,12,16,19-21H2,1-5H3/t27-,28-,29+,30-,31+/m0/s1. The number of unbranched alkanes of at least 4 members (excludes halogenated alkanes) is 3. The first-order chi connectivity index (χ1) is 16.2. The Labute approximate surface area is 209 Å². The number of aryl methyl sites for hydroxylation is 1. The van der Waals surface area contributed by atoms with Gasteiger partial charge in [-0.3, -0.25) is 4.90 Å². The maximum Gasteiger partial charge on any atom is 0.0761 e. The Morgan fingerprint density at radius 2 is 1.79 bits per heavy atom. The fourth-order valence-electron chi connectivity index (χ4n) is 6.31. The highest BCUT2D eigenvalue weighted by Crippen LogP contribution is 2.48. The van der Waals surface area contributed by atoms with Gasteiger partial charge in [0.2, 0.25) is 0 Å². The molecule has 3 nitrogen and oxygen atoms in total. The average molecular weight is 468 g/mol. The largest absolute Gasteiger partial charge is 0.392 e. The lowest BCUT2D eigenvalue weighted by molar-refractivity contribution is 0.140. The van der Waals surface area contributed by atoms with Gasteiger partial charge in [-0.15, -0.1) is 0 Å². The van der Waals surface area contributed by atoms with E-state index in [1.165, 1.54) is 44.2 Å². The summed E-state index contributed by atoms with van der Waals surface area (Å²) >= 11 is 0. The van der Waals surface area contributed by atoms with Crippen LogP contribution in [0, 0.1) is 24.7 Å². The van der Waals surface area contributed by atoms with E-state index >= 15 is 0 Å². The molecule has 1 fully saturated rings. The molecule has 2 aliphatic carbocycles. The predicted octanol–water partition coefficient (Wildman–Crippen LogP) is 6.47. The van der Waals surface area contributed by atoms with Gasteiger partial charge in [-0.25, -0.2) is 0 Å². The number of rotatable bonds is 13. The molecule has 0 unspecified atom stereocenters. The quantitative estimate of drug-likeness (QED) is 0.258. The Balaban J connectivity index is 1.39. The summed E-state index contributed by atoms with van der Waals surface area (Å²) in [5.74, 6) is 1.20. The molecule has 34 heavy (non-hydrogen) atoms. The topological polar surface area (TPSA) is 43.7 Å². The van der Waals surface area contributed by atoms with Gasteiger partial charge < -0.3 is 10.2 Å². The molecule has 190 valence electrons. The number of aliphatic hydroxyl groups is 2. The van der Waals surface area contributed by atoms with Crippen LogP contribution in [-0.4, -0.2) is 45.9 Å². The zero-order valence-electron chi connectivity index (χ0n) is 22.3. The second kappa shape index (κ2) is 13.0. The van der Waals surface area contributed by atoms with E-state index in [0.717, 1.165) is 18.4 Å². The Morgan fingerprint density at radius 1 is 1.06 bits per heavy atom. The van der Waals surface area contributed by atoms with Crippen LogP contribution in [0.4, 0.5) is 0 Å². The van der Waals surface area contributed by atoms with Crippen molar-refractivity contribution in [3.63, 3.8) is 0 Å². The van der Waals surface area contributed by atoms with Crippen LogP contribution in [0.5, 0.6) is 0 Å². The minimum Gasteiger partial charge on any atom is -0.392 e. The summed E-state index contributed by atoms with van der Waals surface area (Å²) in [6.45, 7) is 12.5. The van der Waals surface area contributed by atoms with E-state index in [2.05, 4.69) is 69.9 Å². The van der Waals surface area contributed by atoms with E-state index in [1.54, 1.807) is 5.57 Å². The molecule has 0 heterocycles. The summed E-state index contributed by atoms with van der Waals surface area (Å²) in [4.78, 5) is 2.59. The molecule has 2 aliphatic rings. The molecule has 1 aromatic rings. The number of fused-ring (bicyclic) bond motifs is 1. The lowest BCUT2D eigenvalue weighted by atomic mass is 9.88. The summed E-state index contributed by atoms with van der Waals surface area (Å²) in [6, 6.07) is 9.59. The Kier molecular flexibility index (Phi) is 10.4. The van der Waals surface area contributed by atoms with Gasteiger partial charge in [0, 0.05) is 24.4 Å². The van der Waals surface area contributed by atoms with Gasteiger partial charge in [-0.2, -0.15) is 0 Å². The minimum atomic E-state index is -0.496. The van der Waals surface area contributed by atoms with Crippen molar-refractivity contribution >= 4 is 0 Å². The molecule has 1 saturated carbocycles. The molecule has 2 N–H and O–H groups in total. The van der Waals surface area contributed by atoms with Gasteiger partial charge in [0.1, 0.15) is 0 Å². The molecule has 0 amide bonds. The van der Waals surface area contributed by atoms with Crippen LogP contribution in [0.25, 0.3) is 0 Å². The highest BCUT2D eigenvalue weighted by atomic mass is 16.3. The molecule has 3 rings (SSSR count). The van der Waals surface area contributed by atoms with Crippen LogP contribution < -0.4 is 0 Å². The number of hydrogen-bond acceptors (Lipinski definition) is 3. The maximum absolute atomic E-state index is 10.6. The van der Waals surface area contributed by atoms with Gasteiger partial charge in [0.15, 0.2) is 0 Å². The van der Waals surface area contributed by atoms with Gasteiger partial charge >= 0.3 is 0 Å². The highest BCUT2D eigenvalue weighted by molar-refractivity contribution is 5.24. The summed E-state index contributed by atoms with van der Waals surface area (Å²) in [5, 5.41) is 21.2. The SMILES string of the molecule is Cc1cccc(C[C@@H](O)C=C[C@@H]2[C@H]3CC(CCCCCCN(C(C)C)C(C)C)=C[C@H]3C[C@H]2O)c1. The van der Waals surface area contributed by atoms with Crippen molar-refractivity contribution in [1.82, 2.24) is 4.90 Å². The molecule has 1 aromatic carbocycles. The van der Waals surface area contributed by atoms with Crippen LogP contribution in [-0.2, 0) is 6.42 Å². The summed E-state index contributed by atoms with van der Waals surface area (Å²) in [7, 11) is 0. The molecule has 0 saturated heterocycles. The Hall–Kier alpha value is -1.42. The smallest absolute Gasteiger partial charge is 0.0761 e. The second-order valence-electron chi connectivity index (χ2n) is 11.5. The summed E-state index contributed by atoms with van der Waals surface area (Å²) < 4.78 is 0. The van der Waals surface area contributed by atoms with Crippen molar-refractivity contribution in [2.45, 2.75) is 110 Å². The van der Waals surface area contributed by atoms with E-state index in [-0.39, 0.29) is 12.0 Å². The number of allylic oxidation sites excluding steroid dienone is 2. The number of aliphatic hydroxyl groups excluding tert-OH is 2. The Morgan fingerprint density at radius 3 is 2.50 bits per heavy atom. The third kappa shape index (κ3) is 7.80. The van der Waals surface area contributed by atoms with Gasteiger partial charge in [-0.1, -0.05) is 66.5 Å². The first-order valence-electron chi connectivity index (χ1n) is 13.8. The highest BCUT2D eigenvalue weighted by Gasteiger charge is 2.43. The van der Waals surface area contributed by atoms with Crippen molar-refractivity contribution < 1.29 is 10.2 Å². The average Bonchev–Trinajstić information content (AvgIpc) is 3.27. The fraction of sp³-hybridized carbons (Fsp3) is 0.677. The van der Waals surface area contributed by atoms with Crippen LogP contribution in [0.15, 0.2) is 48.1 Å². The Bertz CT molecular complexity index is 803.